The number of amides is 1. The first-order chi connectivity index (χ1) is 12.0. The first kappa shape index (κ1) is 17.7. The predicted molar refractivity (Wildman–Crippen MR) is 97.9 cm³/mol. The van der Waals surface area contributed by atoms with Crippen molar-refractivity contribution in [1.29, 1.82) is 0 Å². The van der Waals surface area contributed by atoms with Crippen LogP contribution in [0, 0.1) is 6.92 Å². The highest BCUT2D eigenvalue weighted by Crippen LogP contribution is 2.28. The molecule has 2 heterocycles. The van der Waals surface area contributed by atoms with Crippen LogP contribution in [0.2, 0.25) is 0 Å². The van der Waals surface area contributed by atoms with Gasteiger partial charge in [-0.3, -0.25) is 4.79 Å². The average Bonchev–Trinajstić information content (AvgIpc) is 3.25. The Morgan fingerprint density at radius 3 is 2.92 bits per heavy atom. The van der Waals surface area contributed by atoms with Crippen LogP contribution in [-0.2, 0) is 0 Å². The van der Waals surface area contributed by atoms with Crippen LogP contribution in [0.15, 0.2) is 34.9 Å². The fourth-order valence-electron chi connectivity index (χ4n) is 3.42. The second kappa shape index (κ2) is 7.83. The molecule has 5 nitrogen and oxygen atoms in total. The van der Waals surface area contributed by atoms with Gasteiger partial charge in [-0.25, -0.2) is 0 Å². The summed E-state index contributed by atoms with van der Waals surface area (Å²) in [6.45, 7) is 9.85. The number of carbonyl (C=O) groups excluding carboxylic acids is 1. The fraction of sp³-hybridized carbons (Fsp3) is 0.500. The summed E-state index contributed by atoms with van der Waals surface area (Å²) in [6, 6.07) is 10.4. The summed E-state index contributed by atoms with van der Waals surface area (Å²) in [5.74, 6) is 0.963. The lowest BCUT2D eigenvalue weighted by Gasteiger charge is -2.17. The maximum atomic E-state index is 12.1. The number of benzene rings is 1. The standard InChI is InChI=1S/C20H27N3O2/c1-14(2)18-12-19(25-22-18)20(24)21-9-11-23-10-8-16(13-23)17-7-5-4-6-15(17)3/h4-7,12,14,16H,8-11,13H2,1-3H3,(H,21,24). The summed E-state index contributed by atoms with van der Waals surface area (Å²) in [6.07, 6.45) is 1.18. The van der Waals surface area contributed by atoms with Gasteiger partial charge in [0.2, 0.25) is 5.76 Å². The van der Waals surface area contributed by atoms with E-state index >= 15 is 0 Å². The van der Waals surface area contributed by atoms with Crippen LogP contribution in [-0.4, -0.2) is 42.1 Å². The molecule has 0 spiro atoms. The minimum atomic E-state index is -0.186. The Morgan fingerprint density at radius 1 is 1.40 bits per heavy atom. The molecule has 0 aliphatic carbocycles. The van der Waals surface area contributed by atoms with Crippen molar-refractivity contribution in [2.45, 2.75) is 39.0 Å². The monoisotopic (exact) mass is 341 g/mol. The van der Waals surface area contributed by atoms with Crippen molar-refractivity contribution in [1.82, 2.24) is 15.4 Å². The van der Waals surface area contributed by atoms with E-state index in [0.717, 1.165) is 25.3 Å². The topological polar surface area (TPSA) is 58.4 Å². The SMILES string of the molecule is Cc1ccccc1C1CCN(CCNC(=O)c2cc(C(C)C)no2)C1. The molecule has 1 saturated heterocycles. The van der Waals surface area contributed by atoms with E-state index in [-0.39, 0.29) is 11.8 Å². The maximum Gasteiger partial charge on any atom is 0.289 e. The summed E-state index contributed by atoms with van der Waals surface area (Å²) in [5, 5.41) is 6.86. The first-order valence-electron chi connectivity index (χ1n) is 9.07. The van der Waals surface area contributed by atoms with Gasteiger partial charge in [0.05, 0.1) is 5.69 Å². The van der Waals surface area contributed by atoms with Crippen LogP contribution in [0.4, 0.5) is 0 Å². The van der Waals surface area contributed by atoms with Crippen molar-refractivity contribution in [3.8, 4) is 0 Å². The molecule has 1 atom stereocenters. The number of aromatic nitrogens is 1. The molecule has 3 rings (SSSR count). The number of hydrogen-bond acceptors (Lipinski definition) is 4. The van der Waals surface area contributed by atoms with E-state index in [1.165, 1.54) is 17.5 Å². The highest BCUT2D eigenvalue weighted by atomic mass is 16.5. The van der Waals surface area contributed by atoms with Crippen LogP contribution in [0.25, 0.3) is 0 Å². The Morgan fingerprint density at radius 2 is 2.20 bits per heavy atom. The van der Waals surface area contributed by atoms with Crippen LogP contribution < -0.4 is 5.32 Å². The Labute approximate surface area is 149 Å². The molecular formula is C20H27N3O2. The zero-order chi connectivity index (χ0) is 17.8. The Bertz CT molecular complexity index is 723. The van der Waals surface area contributed by atoms with Crippen LogP contribution in [0.1, 0.15) is 59.5 Å². The van der Waals surface area contributed by atoms with Crippen molar-refractivity contribution in [3.63, 3.8) is 0 Å². The Hall–Kier alpha value is -2.14. The summed E-state index contributed by atoms with van der Waals surface area (Å²) < 4.78 is 5.12. The second-order valence-electron chi connectivity index (χ2n) is 7.17. The number of rotatable bonds is 6. The molecule has 1 aliphatic heterocycles. The normalized spacial score (nSPS) is 18.0. The minimum Gasteiger partial charge on any atom is -0.351 e. The minimum absolute atomic E-state index is 0.186. The summed E-state index contributed by atoms with van der Waals surface area (Å²) in [4.78, 5) is 14.5. The van der Waals surface area contributed by atoms with E-state index in [0.29, 0.717) is 18.2 Å². The van der Waals surface area contributed by atoms with E-state index in [1.54, 1.807) is 6.07 Å². The van der Waals surface area contributed by atoms with Crippen molar-refractivity contribution < 1.29 is 9.32 Å². The molecule has 1 aromatic carbocycles. The third-order valence-electron chi connectivity index (χ3n) is 4.96. The lowest BCUT2D eigenvalue weighted by molar-refractivity contribution is 0.0912. The molecule has 0 radical (unpaired) electrons. The molecule has 1 fully saturated rings. The Balaban J connectivity index is 1.45. The zero-order valence-corrected chi connectivity index (χ0v) is 15.3. The highest BCUT2D eigenvalue weighted by molar-refractivity contribution is 5.91. The number of aryl methyl sites for hydroxylation is 1. The van der Waals surface area contributed by atoms with Crippen molar-refractivity contribution >= 4 is 5.91 Å². The molecular weight excluding hydrogens is 314 g/mol. The number of hydrogen-bond donors (Lipinski definition) is 1. The maximum absolute atomic E-state index is 12.1. The van der Waals surface area contributed by atoms with Gasteiger partial charge in [0.1, 0.15) is 0 Å². The van der Waals surface area contributed by atoms with Crippen LogP contribution in [0.5, 0.6) is 0 Å². The molecule has 2 aromatic rings. The molecule has 0 bridgehead atoms. The molecule has 25 heavy (non-hydrogen) atoms. The summed E-state index contributed by atoms with van der Waals surface area (Å²) >= 11 is 0. The molecule has 1 aromatic heterocycles. The van der Waals surface area contributed by atoms with Crippen molar-refractivity contribution in [2.24, 2.45) is 0 Å². The Kier molecular flexibility index (Phi) is 5.53. The lowest BCUT2D eigenvalue weighted by atomic mass is 9.94. The largest absolute Gasteiger partial charge is 0.351 e. The van der Waals surface area contributed by atoms with Crippen molar-refractivity contribution in [2.75, 3.05) is 26.2 Å². The molecule has 1 aliphatic rings. The van der Waals surface area contributed by atoms with Gasteiger partial charge in [-0.05, 0) is 42.9 Å². The molecule has 1 N–H and O–H groups in total. The third kappa shape index (κ3) is 4.28. The third-order valence-corrected chi connectivity index (χ3v) is 4.96. The second-order valence-corrected chi connectivity index (χ2v) is 7.17. The first-order valence-corrected chi connectivity index (χ1v) is 9.07. The van der Waals surface area contributed by atoms with Gasteiger partial charge >= 0.3 is 0 Å². The van der Waals surface area contributed by atoms with Gasteiger partial charge in [0.25, 0.3) is 5.91 Å². The smallest absolute Gasteiger partial charge is 0.289 e. The highest BCUT2D eigenvalue weighted by Gasteiger charge is 2.24. The van der Waals surface area contributed by atoms with Crippen molar-refractivity contribution in [3.05, 3.63) is 52.9 Å². The molecule has 1 unspecified atom stereocenters. The van der Waals surface area contributed by atoms with E-state index in [1.807, 2.05) is 13.8 Å². The van der Waals surface area contributed by atoms with Gasteiger partial charge in [0, 0.05) is 25.7 Å². The molecule has 1 amide bonds. The summed E-state index contributed by atoms with van der Waals surface area (Å²) in [5.41, 5.74) is 3.64. The predicted octanol–water partition coefficient (Wildman–Crippen LogP) is 3.33. The van der Waals surface area contributed by atoms with Gasteiger partial charge in [-0.1, -0.05) is 43.3 Å². The fourth-order valence-corrected chi connectivity index (χ4v) is 3.42. The van der Waals surface area contributed by atoms with E-state index in [2.05, 4.69) is 46.6 Å². The number of carbonyl (C=O) groups is 1. The van der Waals surface area contributed by atoms with Gasteiger partial charge in [-0.15, -0.1) is 0 Å². The molecule has 5 heteroatoms. The van der Waals surface area contributed by atoms with Crippen LogP contribution >= 0.6 is 0 Å². The average molecular weight is 341 g/mol. The van der Waals surface area contributed by atoms with Gasteiger partial charge in [-0.2, -0.15) is 0 Å². The number of nitrogens with zero attached hydrogens (tertiary/aromatic N) is 2. The van der Waals surface area contributed by atoms with Gasteiger partial charge < -0.3 is 14.7 Å². The van der Waals surface area contributed by atoms with Crippen LogP contribution in [0.3, 0.4) is 0 Å². The van der Waals surface area contributed by atoms with Gasteiger partial charge in [0.15, 0.2) is 0 Å². The lowest BCUT2D eigenvalue weighted by Crippen LogP contribution is -2.33. The molecule has 0 saturated carbocycles. The summed E-state index contributed by atoms with van der Waals surface area (Å²) in [7, 11) is 0. The van der Waals surface area contributed by atoms with E-state index in [9.17, 15) is 4.79 Å². The molecule has 134 valence electrons. The number of likely N-dealkylation sites (tertiary alicyclic amines) is 1. The quantitative estimate of drug-likeness (QED) is 0.875. The van der Waals surface area contributed by atoms with E-state index < -0.39 is 0 Å². The zero-order valence-electron chi connectivity index (χ0n) is 15.3. The number of nitrogens with one attached hydrogen (secondary N) is 1. The van der Waals surface area contributed by atoms with E-state index in [4.69, 9.17) is 4.52 Å².